The summed E-state index contributed by atoms with van der Waals surface area (Å²) in [4.78, 5) is 14.0. The van der Waals surface area contributed by atoms with Gasteiger partial charge in [-0.2, -0.15) is 0 Å². The molecular formula is C18H21N5O4S. The second-order valence-corrected chi connectivity index (χ2v) is 7.66. The number of anilines is 2. The van der Waals surface area contributed by atoms with Gasteiger partial charge in [-0.25, -0.2) is 15.0 Å². The van der Waals surface area contributed by atoms with E-state index in [1.54, 1.807) is 16.3 Å². The molecule has 4 rings (SSSR count). The maximum absolute atomic E-state index is 10.7. The van der Waals surface area contributed by atoms with Crippen LogP contribution < -0.4 is 5.32 Å². The number of ether oxygens (including phenoxy) is 1. The van der Waals surface area contributed by atoms with Crippen LogP contribution in [-0.2, 0) is 4.74 Å². The minimum absolute atomic E-state index is 0.409. The summed E-state index contributed by atoms with van der Waals surface area (Å²) in [5, 5.41) is 33.6. The van der Waals surface area contributed by atoms with Gasteiger partial charge in [0.2, 0.25) is 0 Å². The summed E-state index contributed by atoms with van der Waals surface area (Å²) in [5.74, 6) is 0.513. The largest absolute Gasteiger partial charge is 0.394 e. The molecule has 0 spiro atoms. The van der Waals surface area contributed by atoms with Crippen LogP contribution in [0.5, 0.6) is 0 Å². The van der Waals surface area contributed by atoms with Crippen molar-refractivity contribution < 1.29 is 20.1 Å². The third-order valence-corrected chi connectivity index (χ3v) is 5.60. The Balaban J connectivity index is 1.71. The van der Waals surface area contributed by atoms with Crippen molar-refractivity contribution in [2.75, 3.05) is 18.2 Å². The highest BCUT2D eigenvalue weighted by atomic mass is 32.2. The first kappa shape index (κ1) is 19.1. The number of thioether (sulfide) groups is 1. The molecule has 2 aromatic heterocycles. The molecule has 28 heavy (non-hydrogen) atoms. The van der Waals surface area contributed by atoms with Crippen LogP contribution in [0.1, 0.15) is 13.2 Å². The molecule has 0 amide bonds. The molecule has 0 saturated carbocycles. The molecule has 9 nitrogen and oxygen atoms in total. The van der Waals surface area contributed by atoms with Gasteiger partial charge in [0, 0.05) is 10.6 Å². The molecular weight excluding hydrogens is 382 g/mol. The molecule has 3 heterocycles. The summed E-state index contributed by atoms with van der Waals surface area (Å²) in [5.41, 5.74) is 0.181. The van der Waals surface area contributed by atoms with E-state index < -0.39 is 30.6 Å². The van der Waals surface area contributed by atoms with Crippen molar-refractivity contribution in [1.29, 1.82) is 0 Å². The van der Waals surface area contributed by atoms with Crippen LogP contribution in [0.25, 0.3) is 11.2 Å². The van der Waals surface area contributed by atoms with Gasteiger partial charge in [-0.3, -0.25) is 4.57 Å². The van der Waals surface area contributed by atoms with Gasteiger partial charge in [-0.05, 0) is 31.4 Å². The third kappa shape index (κ3) is 3.12. The van der Waals surface area contributed by atoms with Crippen molar-refractivity contribution in [3.05, 3.63) is 36.9 Å². The van der Waals surface area contributed by atoms with Gasteiger partial charge in [0.25, 0.3) is 0 Å². The van der Waals surface area contributed by atoms with Crippen LogP contribution in [0.15, 0.2) is 41.8 Å². The molecule has 10 heteroatoms. The van der Waals surface area contributed by atoms with E-state index in [1.807, 2.05) is 30.5 Å². The second-order valence-electron chi connectivity index (χ2n) is 6.78. The van der Waals surface area contributed by atoms with E-state index in [9.17, 15) is 15.3 Å². The molecule has 4 N–H and O–H groups in total. The summed E-state index contributed by atoms with van der Waals surface area (Å²) in [6.45, 7) is 1.05. The van der Waals surface area contributed by atoms with E-state index in [-0.39, 0.29) is 0 Å². The number of rotatable bonds is 5. The van der Waals surface area contributed by atoms with Crippen LogP contribution in [0.3, 0.4) is 0 Å². The lowest BCUT2D eigenvalue weighted by Gasteiger charge is -2.27. The van der Waals surface area contributed by atoms with Crippen LogP contribution >= 0.6 is 11.8 Å². The monoisotopic (exact) mass is 403 g/mol. The topological polar surface area (TPSA) is 126 Å². The maximum Gasteiger partial charge on any atom is 0.168 e. The predicted molar refractivity (Wildman–Crippen MR) is 104 cm³/mol. The summed E-state index contributed by atoms with van der Waals surface area (Å²) >= 11 is 1.64. The van der Waals surface area contributed by atoms with Crippen molar-refractivity contribution in [1.82, 2.24) is 19.5 Å². The fourth-order valence-electron chi connectivity index (χ4n) is 3.34. The zero-order valence-electron chi connectivity index (χ0n) is 15.4. The number of aromatic nitrogens is 4. The quantitative estimate of drug-likeness (QED) is 0.466. The number of hydrogen-bond donors (Lipinski definition) is 4. The number of hydrogen-bond acceptors (Lipinski definition) is 9. The number of imidazole rings is 1. The lowest BCUT2D eigenvalue weighted by atomic mass is 9.96. The van der Waals surface area contributed by atoms with Gasteiger partial charge in [0.05, 0.1) is 12.9 Å². The molecule has 1 aromatic carbocycles. The molecule has 1 aliphatic rings. The zero-order chi connectivity index (χ0) is 19.9. The average molecular weight is 403 g/mol. The number of aliphatic hydroxyl groups is 3. The van der Waals surface area contributed by atoms with Crippen LogP contribution in [0, 0.1) is 0 Å². The number of fused-ring (bicyclic) bond motifs is 1. The Labute approximate surface area is 165 Å². The first-order valence-corrected chi connectivity index (χ1v) is 9.93. The van der Waals surface area contributed by atoms with E-state index in [0.717, 1.165) is 10.6 Å². The van der Waals surface area contributed by atoms with Crippen LogP contribution in [0.2, 0.25) is 0 Å². The van der Waals surface area contributed by atoms with Gasteiger partial charge in [-0.1, -0.05) is 6.07 Å². The van der Waals surface area contributed by atoms with E-state index in [2.05, 4.69) is 20.3 Å². The standard InChI is InChI=1S/C18H21N5O4S/c1-18(26)14(25)12(7-24)27-17(18)23-9-21-13-15(19-8-20-16(13)23)22-10-4-3-5-11(6-10)28-2/h3-6,8-9,12,14,17,24-26H,7H2,1-2H3,(H,19,20,22)/t12-,14-,17?,18-/m1/s1. The molecule has 1 saturated heterocycles. The summed E-state index contributed by atoms with van der Waals surface area (Å²) < 4.78 is 7.21. The number of benzene rings is 1. The van der Waals surface area contributed by atoms with Crippen molar-refractivity contribution in [3.63, 3.8) is 0 Å². The predicted octanol–water partition coefficient (Wildman–Crippen LogP) is 1.29. The number of nitrogens with one attached hydrogen (secondary N) is 1. The highest BCUT2D eigenvalue weighted by molar-refractivity contribution is 7.98. The SMILES string of the molecule is CSc1cccc(Nc2ncnc3c2ncn3C2O[C@H](CO)[C@@H](O)[C@@]2(C)O)c1. The van der Waals surface area contributed by atoms with Crippen LogP contribution in [0.4, 0.5) is 11.5 Å². The summed E-state index contributed by atoms with van der Waals surface area (Å²) in [6, 6.07) is 7.90. The van der Waals surface area contributed by atoms with Gasteiger partial charge >= 0.3 is 0 Å². The van der Waals surface area contributed by atoms with Crippen LogP contribution in [-0.4, -0.2) is 65.5 Å². The molecule has 3 aromatic rings. The van der Waals surface area contributed by atoms with Crippen molar-refractivity contribution >= 4 is 34.4 Å². The van der Waals surface area contributed by atoms with Crippen molar-refractivity contribution in [2.45, 2.75) is 35.9 Å². The average Bonchev–Trinajstić information content (AvgIpc) is 3.22. The van der Waals surface area contributed by atoms with Gasteiger partial charge in [0.15, 0.2) is 23.2 Å². The Kier molecular flexibility index (Phi) is 4.98. The minimum atomic E-state index is -1.62. The molecule has 1 unspecified atom stereocenters. The van der Waals surface area contributed by atoms with E-state index >= 15 is 0 Å². The highest BCUT2D eigenvalue weighted by Crippen LogP contribution is 2.39. The maximum atomic E-state index is 10.7. The van der Waals surface area contributed by atoms with Crippen molar-refractivity contribution in [3.8, 4) is 0 Å². The Morgan fingerprint density at radius 3 is 2.86 bits per heavy atom. The zero-order valence-corrected chi connectivity index (χ0v) is 16.2. The molecule has 1 aliphatic heterocycles. The fraction of sp³-hybridized carbons (Fsp3) is 0.389. The van der Waals surface area contributed by atoms with E-state index in [1.165, 1.54) is 19.6 Å². The van der Waals surface area contributed by atoms with Crippen molar-refractivity contribution in [2.24, 2.45) is 0 Å². The lowest BCUT2D eigenvalue weighted by Crippen LogP contribution is -2.44. The molecule has 0 aliphatic carbocycles. The van der Waals surface area contributed by atoms with E-state index in [4.69, 9.17) is 4.74 Å². The van der Waals surface area contributed by atoms with Gasteiger partial charge in [-0.15, -0.1) is 11.8 Å². The molecule has 1 fully saturated rings. The Hall–Kier alpha value is -2.24. The Morgan fingerprint density at radius 1 is 1.32 bits per heavy atom. The Morgan fingerprint density at radius 2 is 2.14 bits per heavy atom. The van der Waals surface area contributed by atoms with Gasteiger partial charge in [0.1, 0.15) is 24.1 Å². The lowest BCUT2D eigenvalue weighted by molar-refractivity contribution is -0.0950. The number of nitrogens with zero attached hydrogens (tertiary/aromatic N) is 4. The molecule has 0 radical (unpaired) electrons. The second kappa shape index (κ2) is 7.30. The summed E-state index contributed by atoms with van der Waals surface area (Å²) in [7, 11) is 0. The summed E-state index contributed by atoms with van der Waals surface area (Å²) in [6.07, 6.45) is 1.79. The molecule has 0 bridgehead atoms. The smallest absolute Gasteiger partial charge is 0.168 e. The molecule has 148 valence electrons. The third-order valence-electron chi connectivity index (χ3n) is 4.88. The molecule has 4 atom stereocenters. The normalized spacial score (nSPS) is 27.4. The highest BCUT2D eigenvalue weighted by Gasteiger charge is 2.53. The Bertz CT molecular complexity index is 995. The minimum Gasteiger partial charge on any atom is -0.394 e. The van der Waals surface area contributed by atoms with Gasteiger partial charge < -0.3 is 25.4 Å². The fourth-order valence-corrected chi connectivity index (χ4v) is 3.80. The first-order chi connectivity index (χ1) is 13.5. The first-order valence-electron chi connectivity index (χ1n) is 8.71. The number of aliphatic hydroxyl groups excluding tert-OH is 2. The van der Waals surface area contributed by atoms with E-state index in [0.29, 0.717) is 17.0 Å².